The van der Waals surface area contributed by atoms with Crippen LogP contribution < -0.4 is 0 Å². The van der Waals surface area contributed by atoms with Gasteiger partial charge < -0.3 is 9.52 Å². The number of aryl methyl sites for hydroxylation is 2. The SMILES string of the molecule is Cc1occc1CN(C)Cc1c(C(=O)O)cnn1C. The van der Waals surface area contributed by atoms with E-state index < -0.39 is 5.97 Å². The first-order valence-electron chi connectivity index (χ1n) is 5.94. The lowest BCUT2D eigenvalue weighted by Crippen LogP contribution is -2.21. The molecule has 0 aliphatic rings. The molecule has 0 bridgehead atoms. The fourth-order valence-corrected chi connectivity index (χ4v) is 2.01. The van der Waals surface area contributed by atoms with Gasteiger partial charge in [-0.3, -0.25) is 9.58 Å². The molecule has 19 heavy (non-hydrogen) atoms. The molecule has 0 saturated carbocycles. The zero-order valence-electron chi connectivity index (χ0n) is 11.3. The van der Waals surface area contributed by atoms with Gasteiger partial charge in [0.15, 0.2) is 0 Å². The first kappa shape index (κ1) is 13.4. The van der Waals surface area contributed by atoms with Crippen molar-refractivity contribution in [3.05, 3.63) is 41.1 Å². The van der Waals surface area contributed by atoms with Crippen LogP contribution in [0.25, 0.3) is 0 Å². The average Bonchev–Trinajstić information content (AvgIpc) is 2.88. The van der Waals surface area contributed by atoms with Crippen molar-refractivity contribution in [2.24, 2.45) is 7.05 Å². The Morgan fingerprint density at radius 3 is 2.84 bits per heavy atom. The predicted molar refractivity (Wildman–Crippen MR) is 68.8 cm³/mol. The molecule has 0 aromatic carbocycles. The summed E-state index contributed by atoms with van der Waals surface area (Å²) in [5, 5.41) is 13.1. The van der Waals surface area contributed by atoms with E-state index in [1.165, 1.54) is 6.20 Å². The second kappa shape index (κ2) is 5.27. The number of carboxylic acid groups (broad SMARTS) is 1. The van der Waals surface area contributed by atoms with Crippen molar-refractivity contribution in [1.29, 1.82) is 0 Å². The minimum absolute atomic E-state index is 0.248. The van der Waals surface area contributed by atoms with Gasteiger partial charge >= 0.3 is 5.97 Å². The van der Waals surface area contributed by atoms with Gasteiger partial charge in [0.25, 0.3) is 0 Å². The van der Waals surface area contributed by atoms with E-state index in [4.69, 9.17) is 9.52 Å². The molecule has 0 spiro atoms. The second-order valence-corrected chi connectivity index (χ2v) is 4.61. The predicted octanol–water partition coefficient (Wildman–Crippen LogP) is 1.65. The van der Waals surface area contributed by atoms with Crippen molar-refractivity contribution < 1.29 is 14.3 Å². The molecule has 2 rings (SSSR count). The van der Waals surface area contributed by atoms with Crippen LogP contribution in [0.15, 0.2) is 22.9 Å². The number of rotatable bonds is 5. The Kier molecular flexibility index (Phi) is 3.71. The van der Waals surface area contributed by atoms with Gasteiger partial charge in [-0.1, -0.05) is 0 Å². The normalized spacial score (nSPS) is 11.2. The fourth-order valence-electron chi connectivity index (χ4n) is 2.01. The maximum absolute atomic E-state index is 11.1. The van der Waals surface area contributed by atoms with E-state index in [1.807, 2.05) is 24.9 Å². The number of aromatic carboxylic acids is 1. The largest absolute Gasteiger partial charge is 0.478 e. The average molecular weight is 263 g/mol. The van der Waals surface area contributed by atoms with E-state index in [-0.39, 0.29) is 5.56 Å². The molecule has 102 valence electrons. The molecule has 0 atom stereocenters. The Hall–Kier alpha value is -2.08. The Morgan fingerprint density at radius 1 is 1.53 bits per heavy atom. The maximum Gasteiger partial charge on any atom is 0.339 e. The van der Waals surface area contributed by atoms with E-state index in [0.29, 0.717) is 18.8 Å². The minimum atomic E-state index is -0.948. The Labute approximate surface area is 111 Å². The number of hydrogen-bond donors (Lipinski definition) is 1. The smallest absolute Gasteiger partial charge is 0.339 e. The topological polar surface area (TPSA) is 71.5 Å². The second-order valence-electron chi connectivity index (χ2n) is 4.61. The Bertz CT molecular complexity index is 586. The summed E-state index contributed by atoms with van der Waals surface area (Å²) in [6.07, 6.45) is 3.04. The van der Waals surface area contributed by atoms with Gasteiger partial charge in [0.2, 0.25) is 0 Å². The van der Waals surface area contributed by atoms with Gasteiger partial charge in [-0.2, -0.15) is 5.10 Å². The summed E-state index contributed by atoms with van der Waals surface area (Å²) in [6, 6.07) is 1.92. The third-order valence-electron chi connectivity index (χ3n) is 3.12. The Morgan fingerprint density at radius 2 is 2.26 bits per heavy atom. The molecule has 1 N–H and O–H groups in total. The standard InChI is InChI=1S/C13H17N3O3/c1-9-10(4-5-19-9)7-15(2)8-12-11(13(17)18)6-14-16(12)3/h4-6H,7-8H2,1-3H3,(H,17,18). The summed E-state index contributed by atoms with van der Waals surface area (Å²) in [5.74, 6) is -0.0636. The number of carboxylic acids is 1. The zero-order chi connectivity index (χ0) is 14.0. The molecule has 0 aliphatic heterocycles. The van der Waals surface area contributed by atoms with Crippen molar-refractivity contribution in [2.45, 2.75) is 20.0 Å². The molecule has 0 unspecified atom stereocenters. The number of furan rings is 1. The fraction of sp³-hybridized carbons (Fsp3) is 0.385. The van der Waals surface area contributed by atoms with Crippen molar-refractivity contribution in [3.8, 4) is 0 Å². The van der Waals surface area contributed by atoms with Gasteiger partial charge in [0.05, 0.1) is 18.2 Å². The number of nitrogens with zero attached hydrogens (tertiary/aromatic N) is 3. The van der Waals surface area contributed by atoms with E-state index in [2.05, 4.69) is 5.10 Å². The first-order chi connectivity index (χ1) is 8.99. The highest BCUT2D eigenvalue weighted by Gasteiger charge is 2.17. The van der Waals surface area contributed by atoms with Crippen LogP contribution in [0.2, 0.25) is 0 Å². The van der Waals surface area contributed by atoms with E-state index in [1.54, 1.807) is 18.0 Å². The monoisotopic (exact) mass is 263 g/mol. The Balaban J connectivity index is 2.11. The third kappa shape index (κ3) is 2.85. The molecule has 2 aromatic rings. The molecular formula is C13H17N3O3. The highest BCUT2D eigenvalue weighted by Crippen LogP contribution is 2.15. The van der Waals surface area contributed by atoms with Crippen molar-refractivity contribution >= 4 is 5.97 Å². The summed E-state index contributed by atoms with van der Waals surface area (Å²) in [7, 11) is 3.68. The van der Waals surface area contributed by atoms with Crippen LogP contribution in [0.1, 0.15) is 27.4 Å². The van der Waals surface area contributed by atoms with Crippen molar-refractivity contribution in [2.75, 3.05) is 7.05 Å². The molecular weight excluding hydrogens is 246 g/mol. The van der Waals surface area contributed by atoms with E-state index in [0.717, 1.165) is 11.3 Å². The van der Waals surface area contributed by atoms with Gasteiger partial charge in [-0.25, -0.2) is 4.79 Å². The van der Waals surface area contributed by atoms with Crippen LogP contribution in [0, 0.1) is 6.92 Å². The van der Waals surface area contributed by atoms with Gasteiger partial charge in [-0.15, -0.1) is 0 Å². The quantitative estimate of drug-likeness (QED) is 0.888. The van der Waals surface area contributed by atoms with Crippen LogP contribution in [0.4, 0.5) is 0 Å². The number of hydrogen-bond acceptors (Lipinski definition) is 4. The lowest BCUT2D eigenvalue weighted by molar-refractivity contribution is 0.0694. The third-order valence-corrected chi connectivity index (χ3v) is 3.12. The van der Waals surface area contributed by atoms with Crippen LogP contribution in [0.5, 0.6) is 0 Å². The molecule has 0 aliphatic carbocycles. The van der Waals surface area contributed by atoms with Crippen molar-refractivity contribution in [1.82, 2.24) is 14.7 Å². The number of aromatic nitrogens is 2. The molecule has 2 heterocycles. The van der Waals surface area contributed by atoms with Crippen molar-refractivity contribution in [3.63, 3.8) is 0 Å². The summed E-state index contributed by atoms with van der Waals surface area (Å²) in [6.45, 7) is 3.13. The molecule has 0 saturated heterocycles. The number of carbonyl (C=O) groups is 1. The van der Waals surface area contributed by atoms with Crippen LogP contribution >= 0.6 is 0 Å². The maximum atomic E-state index is 11.1. The minimum Gasteiger partial charge on any atom is -0.478 e. The highest BCUT2D eigenvalue weighted by atomic mass is 16.4. The molecule has 2 aromatic heterocycles. The molecule has 0 radical (unpaired) electrons. The summed E-state index contributed by atoms with van der Waals surface area (Å²) in [5.41, 5.74) is 2.04. The molecule has 6 heteroatoms. The molecule has 0 fully saturated rings. The summed E-state index contributed by atoms with van der Waals surface area (Å²) >= 11 is 0. The zero-order valence-corrected chi connectivity index (χ0v) is 11.3. The first-order valence-corrected chi connectivity index (χ1v) is 5.94. The highest BCUT2D eigenvalue weighted by molar-refractivity contribution is 5.88. The van der Waals surface area contributed by atoms with Crippen LogP contribution in [-0.2, 0) is 20.1 Å². The van der Waals surface area contributed by atoms with Crippen LogP contribution in [0.3, 0.4) is 0 Å². The lowest BCUT2D eigenvalue weighted by Gasteiger charge is -2.16. The molecule has 0 amide bonds. The van der Waals surface area contributed by atoms with Crippen LogP contribution in [-0.4, -0.2) is 32.8 Å². The van der Waals surface area contributed by atoms with E-state index in [9.17, 15) is 4.79 Å². The van der Waals surface area contributed by atoms with E-state index >= 15 is 0 Å². The van der Waals surface area contributed by atoms with Gasteiger partial charge in [-0.05, 0) is 20.0 Å². The lowest BCUT2D eigenvalue weighted by atomic mass is 10.2. The summed E-state index contributed by atoms with van der Waals surface area (Å²) in [4.78, 5) is 13.1. The summed E-state index contributed by atoms with van der Waals surface area (Å²) < 4.78 is 6.85. The van der Waals surface area contributed by atoms with Gasteiger partial charge in [0, 0.05) is 25.7 Å². The van der Waals surface area contributed by atoms with Gasteiger partial charge in [0.1, 0.15) is 11.3 Å². The molecule has 6 nitrogen and oxygen atoms in total.